The molecule has 0 radical (unpaired) electrons. The Kier molecular flexibility index (Phi) is 14.3. The number of aromatic nitrogens is 3. The minimum Gasteiger partial charge on any atom is -0.339 e. The monoisotopic (exact) mass is 617 g/mol. The first-order valence-electron chi connectivity index (χ1n) is 16.8. The van der Waals surface area contributed by atoms with E-state index < -0.39 is 0 Å². The summed E-state index contributed by atoms with van der Waals surface area (Å²) in [6, 6.07) is 20.6. The van der Waals surface area contributed by atoms with E-state index in [1.807, 2.05) is 46.2 Å². The third-order valence-electron chi connectivity index (χ3n) is 8.48. The molecule has 0 N–H and O–H groups in total. The molecule has 2 amide bonds. The largest absolute Gasteiger partial charge is 0.339 e. The van der Waals surface area contributed by atoms with Crippen molar-refractivity contribution >= 4 is 23.6 Å². The van der Waals surface area contributed by atoms with Crippen molar-refractivity contribution in [3.63, 3.8) is 0 Å². The molecule has 2 heterocycles. The average molecular weight is 618 g/mol. The lowest BCUT2D eigenvalue weighted by Crippen LogP contribution is -2.55. The maximum Gasteiger partial charge on any atom is 0.222 e. The highest BCUT2D eigenvalue weighted by Crippen LogP contribution is 2.25. The molecule has 1 fully saturated rings. The van der Waals surface area contributed by atoms with Gasteiger partial charge >= 0.3 is 0 Å². The van der Waals surface area contributed by atoms with E-state index in [4.69, 9.17) is 0 Å². The maximum absolute atomic E-state index is 13.1. The van der Waals surface area contributed by atoms with Crippen LogP contribution in [0.5, 0.6) is 0 Å². The van der Waals surface area contributed by atoms with Gasteiger partial charge < -0.3 is 9.80 Å². The van der Waals surface area contributed by atoms with Gasteiger partial charge in [0.25, 0.3) is 0 Å². The van der Waals surface area contributed by atoms with Gasteiger partial charge in [0.05, 0.1) is 0 Å². The summed E-state index contributed by atoms with van der Waals surface area (Å²) in [7, 11) is 0. The fraction of sp³-hybridized carbons (Fsp3) is 0.556. The lowest BCUT2D eigenvalue weighted by atomic mass is 10.1. The number of rotatable bonds is 18. The van der Waals surface area contributed by atoms with Crippen molar-refractivity contribution in [2.75, 3.05) is 25.4 Å². The van der Waals surface area contributed by atoms with Crippen LogP contribution in [0.2, 0.25) is 0 Å². The quantitative estimate of drug-likeness (QED) is 0.108. The molecule has 2 aromatic carbocycles. The van der Waals surface area contributed by atoms with Crippen LogP contribution in [0, 0.1) is 0 Å². The number of carbonyl (C=O) groups excluding carboxylic acids is 2. The number of para-hydroxylation sites is 1. The van der Waals surface area contributed by atoms with Gasteiger partial charge in [0.15, 0.2) is 5.16 Å². The normalized spacial score (nSPS) is 15.1. The Bertz CT molecular complexity index is 1270. The summed E-state index contributed by atoms with van der Waals surface area (Å²) in [5, 5.41) is 9.91. The smallest absolute Gasteiger partial charge is 0.222 e. The van der Waals surface area contributed by atoms with Crippen molar-refractivity contribution in [2.45, 2.75) is 109 Å². The third-order valence-corrected chi connectivity index (χ3v) is 9.50. The third kappa shape index (κ3) is 10.5. The molecule has 1 aliphatic heterocycles. The van der Waals surface area contributed by atoms with Gasteiger partial charge in [-0.2, -0.15) is 0 Å². The standard InChI is InChI=1S/C36H51N5O2S/c1-3-4-5-6-7-8-9-10-17-23-35(43)40-26-25-39(29-30(40)2)34(42)24-18-27-44-36-38-37-33(28-31-19-13-11-14-20-31)41(36)32-21-15-12-16-22-32/h11-16,19-22,30H,3-10,17-18,23-29H2,1-2H3. The van der Waals surface area contributed by atoms with E-state index in [9.17, 15) is 9.59 Å². The first kappa shape index (κ1) is 33.8. The van der Waals surface area contributed by atoms with E-state index in [2.05, 4.69) is 52.9 Å². The summed E-state index contributed by atoms with van der Waals surface area (Å²) in [5.74, 6) is 2.12. The van der Waals surface area contributed by atoms with E-state index in [1.54, 1.807) is 11.8 Å². The summed E-state index contributed by atoms with van der Waals surface area (Å²) in [6.45, 7) is 6.23. The molecule has 0 bridgehead atoms. The van der Waals surface area contributed by atoms with Crippen LogP contribution in [0.25, 0.3) is 5.69 Å². The van der Waals surface area contributed by atoms with Crippen LogP contribution in [0.3, 0.4) is 0 Å². The van der Waals surface area contributed by atoms with Crippen LogP contribution in [0.15, 0.2) is 65.8 Å². The van der Waals surface area contributed by atoms with Crippen LogP contribution in [0.4, 0.5) is 0 Å². The van der Waals surface area contributed by atoms with E-state index in [0.29, 0.717) is 38.9 Å². The molecule has 1 aromatic heterocycles. The summed E-state index contributed by atoms with van der Waals surface area (Å²) < 4.78 is 2.13. The topological polar surface area (TPSA) is 71.3 Å². The summed E-state index contributed by atoms with van der Waals surface area (Å²) >= 11 is 1.65. The van der Waals surface area contributed by atoms with Gasteiger partial charge in [0, 0.05) is 56.4 Å². The van der Waals surface area contributed by atoms with Crippen LogP contribution >= 0.6 is 11.8 Å². The van der Waals surface area contributed by atoms with Gasteiger partial charge in [-0.1, -0.05) is 119 Å². The Morgan fingerprint density at radius 1 is 0.773 bits per heavy atom. The molecular formula is C36H51N5O2S. The number of nitrogens with zero attached hydrogens (tertiary/aromatic N) is 5. The zero-order valence-electron chi connectivity index (χ0n) is 26.8. The average Bonchev–Trinajstić information content (AvgIpc) is 3.44. The fourth-order valence-corrected chi connectivity index (χ4v) is 6.86. The molecule has 3 aromatic rings. The van der Waals surface area contributed by atoms with Crippen LogP contribution in [-0.4, -0.2) is 67.8 Å². The molecule has 4 rings (SSSR count). The molecule has 1 atom stereocenters. The van der Waals surface area contributed by atoms with Crippen LogP contribution in [-0.2, 0) is 16.0 Å². The van der Waals surface area contributed by atoms with Gasteiger partial charge in [-0.25, -0.2) is 0 Å². The zero-order chi connectivity index (χ0) is 31.0. The summed E-state index contributed by atoms with van der Waals surface area (Å²) in [6.07, 6.45) is 13.9. The number of carbonyl (C=O) groups is 2. The van der Waals surface area contributed by atoms with Gasteiger partial charge in [-0.05, 0) is 37.5 Å². The Morgan fingerprint density at radius 3 is 2.09 bits per heavy atom. The zero-order valence-corrected chi connectivity index (χ0v) is 27.6. The minimum absolute atomic E-state index is 0.0700. The molecule has 7 nitrogen and oxygen atoms in total. The molecular weight excluding hydrogens is 566 g/mol. The first-order valence-corrected chi connectivity index (χ1v) is 17.8. The van der Waals surface area contributed by atoms with Gasteiger partial charge in [-0.3, -0.25) is 14.2 Å². The molecule has 1 saturated heterocycles. The van der Waals surface area contributed by atoms with Crippen LogP contribution < -0.4 is 0 Å². The maximum atomic E-state index is 13.1. The van der Waals surface area contributed by atoms with Gasteiger partial charge in [0.2, 0.25) is 11.8 Å². The number of hydrogen-bond donors (Lipinski definition) is 0. The molecule has 8 heteroatoms. The molecule has 1 unspecified atom stereocenters. The number of hydrogen-bond acceptors (Lipinski definition) is 5. The fourth-order valence-electron chi connectivity index (χ4n) is 5.95. The van der Waals surface area contributed by atoms with Crippen molar-refractivity contribution in [3.05, 3.63) is 72.1 Å². The van der Waals surface area contributed by atoms with Crippen molar-refractivity contribution < 1.29 is 9.59 Å². The Labute approximate surface area is 268 Å². The lowest BCUT2D eigenvalue weighted by molar-refractivity contribution is -0.142. The second-order valence-electron chi connectivity index (χ2n) is 12.0. The summed E-state index contributed by atoms with van der Waals surface area (Å²) in [4.78, 5) is 29.9. The highest BCUT2D eigenvalue weighted by Gasteiger charge is 2.29. The predicted molar refractivity (Wildman–Crippen MR) is 180 cm³/mol. The van der Waals surface area contributed by atoms with E-state index >= 15 is 0 Å². The Morgan fingerprint density at radius 2 is 1.41 bits per heavy atom. The van der Waals surface area contributed by atoms with E-state index in [-0.39, 0.29) is 17.9 Å². The lowest BCUT2D eigenvalue weighted by Gasteiger charge is -2.40. The number of amides is 2. The molecule has 0 spiro atoms. The highest BCUT2D eigenvalue weighted by atomic mass is 32.2. The molecule has 238 valence electrons. The van der Waals surface area contributed by atoms with Crippen molar-refractivity contribution in [1.29, 1.82) is 0 Å². The second-order valence-corrected chi connectivity index (χ2v) is 13.1. The Balaban J connectivity index is 1.17. The number of thioether (sulfide) groups is 1. The molecule has 0 aliphatic carbocycles. The predicted octanol–water partition coefficient (Wildman–Crippen LogP) is 7.71. The van der Waals surface area contributed by atoms with Gasteiger partial charge in [0.1, 0.15) is 5.82 Å². The van der Waals surface area contributed by atoms with Crippen molar-refractivity contribution in [1.82, 2.24) is 24.6 Å². The molecule has 44 heavy (non-hydrogen) atoms. The summed E-state index contributed by atoms with van der Waals surface area (Å²) in [5.41, 5.74) is 2.24. The number of unbranched alkanes of at least 4 members (excludes halogenated alkanes) is 8. The van der Waals surface area contributed by atoms with Crippen LogP contribution in [0.1, 0.15) is 102 Å². The van der Waals surface area contributed by atoms with E-state index in [1.165, 1.54) is 50.5 Å². The second kappa shape index (κ2) is 18.6. The SMILES string of the molecule is CCCCCCCCCCCC(=O)N1CCN(C(=O)CCCSc2nnc(Cc3ccccc3)n2-c2ccccc2)CC1C. The van der Waals surface area contributed by atoms with E-state index in [0.717, 1.165) is 41.7 Å². The van der Waals surface area contributed by atoms with Crippen molar-refractivity contribution in [3.8, 4) is 5.69 Å². The highest BCUT2D eigenvalue weighted by molar-refractivity contribution is 7.99. The van der Waals surface area contributed by atoms with Gasteiger partial charge in [-0.15, -0.1) is 10.2 Å². The molecule has 1 aliphatic rings. The molecule has 0 saturated carbocycles. The Hall–Kier alpha value is -3.13. The number of benzene rings is 2. The first-order chi connectivity index (χ1) is 21.6. The van der Waals surface area contributed by atoms with Crippen molar-refractivity contribution in [2.24, 2.45) is 0 Å². The minimum atomic E-state index is 0.0700. The number of piperazine rings is 1.